The van der Waals surface area contributed by atoms with E-state index in [2.05, 4.69) is 5.32 Å². The van der Waals surface area contributed by atoms with Crippen LogP contribution in [-0.4, -0.2) is 117 Å². The fourth-order valence-corrected chi connectivity index (χ4v) is 9.46. The second-order valence-corrected chi connectivity index (χ2v) is 17.7. The molecule has 3 fully saturated rings. The van der Waals surface area contributed by atoms with Gasteiger partial charge in [0.15, 0.2) is 23.6 Å². The number of ketones is 1. The smallest absolute Gasteiger partial charge is 0.408 e. The number of rotatable bonds is 3. The van der Waals surface area contributed by atoms with E-state index in [0.717, 1.165) is 13.8 Å². The van der Waals surface area contributed by atoms with Crippen LogP contribution in [0, 0.1) is 16.7 Å². The molecule has 2 heterocycles. The number of fused-ring (bicyclic) bond motifs is 6. The summed E-state index contributed by atoms with van der Waals surface area (Å²) in [5, 5.41) is 39.5. The van der Waals surface area contributed by atoms with Crippen molar-refractivity contribution in [3.05, 3.63) is 34.9 Å². The number of alkyl carbamates (subject to hydrolysis) is 1. The van der Waals surface area contributed by atoms with Gasteiger partial charge in [-0.15, -0.1) is 0 Å². The molecule has 0 unspecified atom stereocenters. The van der Waals surface area contributed by atoms with Crippen molar-refractivity contribution in [3.63, 3.8) is 0 Å². The third-order valence-corrected chi connectivity index (χ3v) is 12.3. The van der Waals surface area contributed by atoms with Gasteiger partial charge in [-0.3, -0.25) is 19.2 Å². The van der Waals surface area contributed by atoms with E-state index >= 15 is 4.79 Å². The quantitative estimate of drug-likeness (QED) is 0.183. The van der Waals surface area contributed by atoms with Gasteiger partial charge in [-0.25, -0.2) is 9.59 Å². The summed E-state index contributed by atoms with van der Waals surface area (Å²) in [7, 11) is 0. The van der Waals surface area contributed by atoms with Crippen molar-refractivity contribution >= 4 is 35.8 Å². The van der Waals surface area contributed by atoms with E-state index < -0.39 is 118 Å². The van der Waals surface area contributed by atoms with Crippen LogP contribution in [0.15, 0.2) is 34.9 Å². The van der Waals surface area contributed by atoms with Crippen LogP contribution in [0.2, 0.25) is 0 Å². The van der Waals surface area contributed by atoms with E-state index in [1.165, 1.54) is 19.9 Å². The SMILES string of the molecule is CC(=O)O[C@H]1C(=O)[C@@]2(C)[C@H]([C@@H]3OC(=O)C/C=C/CC/C(C)=C/[C@H](NC(=O)OC(C)(C)C)[C@@H](O)C(=O)O[C@H]4C[C@]3(O)C(C)(C)C1=C4C)[C@]1(OC(C)=O)CO[C@@H]1C[C@@H]2O. The summed E-state index contributed by atoms with van der Waals surface area (Å²) in [6, 6.07) is -1.34. The average molecular weight is 804 g/mol. The summed E-state index contributed by atoms with van der Waals surface area (Å²) in [4.78, 5) is 81.9. The molecule has 16 nitrogen and oxygen atoms in total. The number of Topliss-reactive ketones (excluding diaryl/α,β-unsaturated/α-hetero) is 1. The average Bonchev–Trinajstić information content (AvgIpc) is 3.07. The van der Waals surface area contributed by atoms with E-state index in [0.29, 0.717) is 18.4 Å². The van der Waals surface area contributed by atoms with Crippen LogP contribution in [0.25, 0.3) is 0 Å². The van der Waals surface area contributed by atoms with Crippen LogP contribution in [-0.2, 0) is 52.4 Å². The van der Waals surface area contributed by atoms with Crippen LogP contribution in [0.3, 0.4) is 0 Å². The van der Waals surface area contributed by atoms with Crippen LogP contribution in [0.5, 0.6) is 0 Å². The number of nitrogens with one attached hydrogen (secondary N) is 1. The number of esters is 4. The summed E-state index contributed by atoms with van der Waals surface area (Å²) in [6.45, 7) is 14.7. The molecule has 3 bridgehead atoms. The molecule has 0 aromatic heterocycles. The van der Waals surface area contributed by atoms with Gasteiger partial charge in [0.25, 0.3) is 0 Å². The Labute approximate surface area is 332 Å². The number of hydrogen-bond donors (Lipinski definition) is 4. The highest BCUT2D eigenvalue weighted by Crippen LogP contribution is 2.64. The molecule has 1 amide bonds. The molecule has 0 radical (unpaired) electrons. The van der Waals surface area contributed by atoms with Gasteiger partial charge < -0.3 is 49.1 Å². The molecule has 5 aliphatic rings. The van der Waals surface area contributed by atoms with Gasteiger partial charge >= 0.3 is 30.0 Å². The zero-order valence-corrected chi connectivity index (χ0v) is 34.3. The Bertz CT molecular complexity index is 1770. The minimum Gasteiger partial charge on any atom is -0.459 e. The molecule has 5 rings (SSSR count). The number of aliphatic hydroxyl groups excluding tert-OH is 2. The second kappa shape index (κ2) is 15.6. The van der Waals surface area contributed by atoms with Gasteiger partial charge in [-0.1, -0.05) is 37.6 Å². The van der Waals surface area contributed by atoms with Crippen LogP contribution >= 0.6 is 0 Å². The Morgan fingerprint density at radius 1 is 0.982 bits per heavy atom. The summed E-state index contributed by atoms with van der Waals surface area (Å²) < 4.78 is 35.3. The lowest BCUT2D eigenvalue weighted by molar-refractivity contribution is -0.347. The van der Waals surface area contributed by atoms with Crippen molar-refractivity contribution in [2.75, 3.05) is 6.61 Å². The minimum absolute atomic E-state index is 0.0159. The van der Waals surface area contributed by atoms with Crippen molar-refractivity contribution < 1.29 is 72.5 Å². The zero-order valence-electron chi connectivity index (χ0n) is 34.3. The molecular formula is C41H57NO15. The van der Waals surface area contributed by atoms with Crippen LogP contribution in [0.1, 0.15) is 101 Å². The Morgan fingerprint density at radius 3 is 2.23 bits per heavy atom. The molecular weight excluding hydrogens is 746 g/mol. The van der Waals surface area contributed by atoms with E-state index in [9.17, 15) is 39.3 Å². The maximum absolute atomic E-state index is 15.3. The first-order chi connectivity index (χ1) is 26.3. The summed E-state index contributed by atoms with van der Waals surface area (Å²) in [6.07, 6.45) is -5.85. The van der Waals surface area contributed by atoms with Gasteiger partial charge in [0.1, 0.15) is 29.5 Å². The number of amides is 1. The van der Waals surface area contributed by atoms with E-state index in [1.54, 1.807) is 53.7 Å². The van der Waals surface area contributed by atoms with Gasteiger partial charge in [0, 0.05) is 32.1 Å². The first-order valence-corrected chi connectivity index (χ1v) is 19.3. The highest BCUT2D eigenvalue weighted by molar-refractivity contribution is 5.95. The molecule has 0 aromatic carbocycles. The molecule has 3 aliphatic carbocycles. The Morgan fingerprint density at radius 2 is 1.65 bits per heavy atom. The van der Waals surface area contributed by atoms with Crippen molar-refractivity contribution in [1.29, 1.82) is 0 Å². The normalized spacial score (nSPS) is 39.8. The summed E-state index contributed by atoms with van der Waals surface area (Å²) in [5.41, 5.74) is -7.72. The number of hydrogen-bond acceptors (Lipinski definition) is 15. The maximum atomic E-state index is 15.3. The largest absolute Gasteiger partial charge is 0.459 e. The lowest BCUT2D eigenvalue weighted by Gasteiger charge is -2.67. The standard InChI is InChI=1S/C41H57NO15/c1-20-14-12-11-13-15-28(46)55-34-32-39(10,26(45)17-27-40(32,19-52-27)56-23(4)44)33(48)31(53-22(3)43)29-21(2)25(18-41(34,51)38(29,8)9)54-35(49)30(47)24(16-20)42-36(50)57-37(5,6)7/h11,13,16,24-27,30-32,34,45,47,51H,12,14-15,17-19H2,1-10H3,(H,42,50)/b13-11+,20-16+/t24-,25-,26-,27+,30+,31+,32-,34-,39+,40-,41+/m0/s1. The molecule has 316 valence electrons. The number of carbonyl (C=O) groups excluding carboxylic acids is 6. The molecule has 1 saturated heterocycles. The first-order valence-electron chi connectivity index (χ1n) is 19.3. The molecule has 2 aliphatic heterocycles. The Kier molecular flexibility index (Phi) is 12.0. The Balaban J connectivity index is 1.76. The van der Waals surface area contributed by atoms with Crippen molar-refractivity contribution in [3.8, 4) is 0 Å². The summed E-state index contributed by atoms with van der Waals surface area (Å²) >= 11 is 0. The predicted molar refractivity (Wildman–Crippen MR) is 199 cm³/mol. The second-order valence-electron chi connectivity index (χ2n) is 17.7. The van der Waals surface area contributed by atoms with Crippen molar-refractivity contribution in [2.24, 2.45) is 16.7 Å². The summed E-state index contributed by atoms with van der Waals surface area (Å²) in [5.74, 6) is -6.03. The molecule has 11 atom stereocenters. The van der Waals surface area contributed by atoms with Crippen LogP contribution < -0.4 is 5.32 Å². The number of ether oxygens (including phenoxy) is 6. The molecule has 0 aromatic rings. The third kappa shape index (κ3) is 7.89. The fourth-order valence-electron chi connectivity index (χ4n) is 9.46. The van der Waals surface area contributed by atoms with Gasteiger partial charge in [-0.2, -0.15) is 0 Å². The van der Waals surface area contributed by atoms with Gasteiger partial charge in [0.2, 0.25) is 0 Å². The predicted octanol–water partition coefficient (Wildman–Crippen LogP) is 2.83. The maximum Gasteiger partial charge on any atom is 0.408 e. The molecule has 16 heteroatoms. The monoisotopic (exact) mass is 803 g/mol. The lowest BCUT2D eigenvalue weighted by atomic mass is 9.44. The highest BCUT2D eigenvalue weighted by Gasteiger charge is 2.78. The lowest BCUT2D eigenvalue weighted by Crippen LogP contribution is -2.82. The minimum atomic E-state index is -2.33. The van der Waals surface area contributed by atoms with Crippen molar-refractivity contribution in [2.45, 2.75) is 161 Å². The van der Waals surface area contributed by atoms with E-state index in [-0.39, 0.29) is 30.6 Å². The van der Waals surface area contributed by atoms with E-state index in [1.807, 2.05) is 0 Å². The topological polar surface area (TPSA) is 231 Å². The highest BCUT2D eigenvalue weighted by atomic mass is 16.6. The van der Waals surface area contributed by atoms with Crippen molar-refractivity contribution in [1.82, 2.24) is 5.32 Å². The van der Waals surface area contributed by atoms with Crippen LogP contribution in [0.4, 0.5) is 4.79 Å². The number of aliphatic hydroxyl groups is 3. The third-order valence-electron chi connectivity index (χ3n) is 12.3. The molecule has 0 spiro atoms. The first kappa shape index (κ1) is 44.0. The molecule has 57 heavy (non-hydrogen) atoms. The fraction of sp³-hybridized carbons (Fsp3) is 0.707. The van der Waals surface area contributed by atoms with Gasteiger partial charge in [0.05, 0.1) is 36.5 Å². The Hall–Kier alpha value is -4.12. The molecule has 2 saturated carbocycles. The zero-order chi connectivity index (χ0) is 42.6. The van der Waals surface area contributed by atoms with Gasteiger partial charge in [-0.05, 0) is 65.5 Å². The van der Waals surface area contributed by atoms with E-state index in [4.69, 9.17) is 28.4 Å². The number of carbonyl (C=O) groups is 6. The molecule has 4 N–H and O–H groups in total. The number of allylic oxidation sites excluding steroid dienone is 2.